The van der Waals surface area contributed by atoms with Gasteiger partial charge in [-0.3, -0.25) is 4.79 Å². The number of amides is 1. The topological polar surface area (TPSA) is 32.3 Å². The molecule has 0 heterocycles. The molecule has 0 bridgehead atoms. The van der Waals surface area contributed by atoms with Gasteiger partial charge in [0.25, 0.3) is 0 Å². The van der Waals surface area contributed by atoms with Crippen LogP contribution in [0.2, 0.25) is 0 Å². The third kappa shape index (κ3) is 7.70. The van der Waals surface area contributed by atoms with Crippen LogP contribution >= 0.6 is 0 Å². The molecule has 1 amide bonds. The number of hydrogen-bond donors (Lipinski definition) is 1. The van der Waals surface area contributed by atoms with Crippen molar-refractivity contribution < 1.29 is 4.79 Å². The fraction of sp³-hybridized carbons (Fsp3) is 0.933. The lowest BCUT2D eigenvalue weighted by atomic mass is 9.99. The first-order chi connectivity index (χ1) is 8.23. The average Bonchev–Trinajstić information content (AvgIpc) is 2.23. The molecule has 0 saturated heterocycles. The molecular formula is C15H32N2O. The van der Waals surface area contributed by atoms with Gasteiger partial charge in [0.15, 0.2) is 0 Å². The summed E-state index contributed by atoms with van der Waals surface area (Å²) in [7, 11) is 3.66. The molecule has 0 saturated carbocycles. The Morgan fingerprint density at radius 1 is 1.00 bits per heavy atom. The van der Waals surface area contributed by atoms with Gasteiger partial charge in [-0.2, -0.15) is 0 Å². The van der Waals surface area contributed by atoms with E-state index in [-0.39, 0.29) is 11.9 Å². The third-order valence-corrected chi connectivity index (χ3v) is 3.11. The van der Waals surface area contributed by atoms with Gasteiger partial charge < -0.3 is 10.2 Å². The molecule has 1 N–H and O–H groups in total. The largest absolute Gasteiger partial charge is 0.347 e. The molecule has 3 heteroatoms. The van der Waals surface area contributed by atoms with Gasteiger partial charge in [-0.1, -0.05) is 27.7 Å². The molecule has 0 aromatic heterocycles. The molecule has 0 spiro atoms. The lowest BCUT2D eigenvalue weighted by molar-refractivity contribution is -0.131. The number of likely N-dealkylation sites (N-methyl/N-ethyl adjacent to an activating group) is 1. The van der Waals surface area contributed by atoms with Crippen LogP contribution in [0.4, 0.5) is 0 Å². The number of carbonyl (C=O) groups is 1. The van der Waals surface area contributed by atoms with Crippen LogP contribution in [0.25, 0.3) is 0 Å². The molecule has 0 aliphatic heterocycles. The van der Waals surface area contributed by atoms with Crippen LogP contribution in [-0.4, -0.2) is 37.0 Å². The van der Waals surface area contributed by atoms with Crippen LogP contribution in [0.15, 0.2) is 0 Å². The minimum absolute atomic E-state index is 0.0397. The van der Waals surface area contributed by atoms with Crippen LogP contribution in [0.5, 0.6) is 0 Å². The Morgan fingerprint density at radius 2 is 1.56 bits per heavy atom. The van der Waals surface area contributed by atoms with E-state index in [4.69, 9.17) is 0 Å². The van der Waals surface area contributed by atoms with Gasteiger partial charge in [-0.05, 0) is 38.0 Å². The number of nitrogens with zero attached hydrogens (tertiary/aromatic N) is 1. The maximum absolute atomic E-state index is 12.1. The summed E-state index contributed by atoms with van der Waals surface area (Å²) in [6.45, 7) is 11.0. The second-order valence-corrected chi connectivity index (χ2v) is 6.45. The van der Waals surface area contributed by atoms with E-state index < -0.39 is 0 Å². The Labute approximate surface area is 113 Å². The molecule has 0 fully saturated rings. The molecule has 2 atom stereocenters. The SMILES string of the molecule is CC(C)CCC(C)NC(CC(C)C)C(=O)N(C)C. The zero-order valence-electron chi connectivity index (χ0n) is 13.3. The summed E-state index contributed by atoms with van der Waals surface area (Å²) in [5.74, 6) is 1.45. The van der Waals surface area contributed by atoms with Gasteiger partial charge in [0.05, 0.1) is 6.04 Å². The fourth-order valence-corrected chi connectivity index (χ4v) is 2.03. The van der Waals surface area contributed by atoms with E-state index in [1.54, 1.807) is 4.90 Å². The molecule has 2 unspecified atom stereocenters. The summed E-state index contributed by atoms with van der Waals surface area (Å²) in [6.07, 6.45) is 3.24. The van der Waals surface area contributed by atoms with Gasteiger partial charge >= 0.3 is 0 Å². The van der Waals surface area contributed by atoms with E-state index in [1.165, 1.54) is 6.42 Å². The predicted octanol–water partition coefficient (Wildman–Crippen LogP) is 2.90. The predicted molar refractivity (Wildman–Crippen MR) is 78.6 cm³/mol. The van der Waals surface area contributed by atoms with Crippen LogP contribution in [-0.2, 0) is 4.79 Å². The summed E-state index contributed by atoms with van der Waals surface area (Å²) in [4.78, 5) is 13.8. The van der Waals surface area contributed by atoms with Crippen molar-refractivity contribution in [3.8, 4) is 0 Å². The van der Waals surface area contributed by atoms with E-state index in [9.17, 15) is 4.79 Å². The Kier molecular flexibility index (Phi) is 8.25. The highest BCUT2D eigenvalue weighted by molar-refractivity contribution is 5.81. The van der Waals surface area contributed by atoms with E-state index >= 15 is 0 Å². The Hall–Kier alpha value is -0.570. The zero-order valence-corrected chi connectivity index (χ0v) is 13.3. The van der Waals surface area contributed by atoms with Crippen molar-refractivity contribution in [2.45, 2.75) is 66.0 Å². The molecule has 0 aliphatic rings. The second-order valence-electron chi connectivity index (χ2n) is 6.45. The van der Waals surface area contributed by atoms with Crippen molar-refractivity contribution >= 4 is 5.91 Å². The third-order valence-electron chi connectivity index (χ3n) is 3.11. The lowest BCUT2D eigenvalue weighted by Crippen LogP contribution is -2.47. The van der Waals surface area contributed by atoms with Crippen LogP contribution in [0.3, 0.4) is 0 Å². The summed E-state index contributed by atoms with van der Waals surface area (Å²) in [6, 6.07) is 0.363. The fourth-order valence-electron chi connectivity index (χ4n) is 2.03. The Balaban J connectivity index is 4.35. The van der Waals surface area contributed by atoms with Crippen molar-refractivity contribution in [2.24, 2.45) is 11.8 Å². The van der Waals surface area contributed by atoms with Crippen molar-refractivity contribution in [3.63, 3.8) is 0 Å². The normalized spacial score (nSPS) is 14.9. The minimum Gasteiger partial charge on any atom is -0.347 e. The van der Waals surface area contributed by atoms with E-state index in [0.29, 0.717) is 12.0 Å². The Bertz CT molecular complexity index is 237. The zero-order chi connectivity index (χ0) is 14.3. The molecule has 108 valence electrons. The molecule has 0 radical (unpaired) electrons. The standard InChI is InChI=1S/C15H32N2O/c1-11(2)8-9-13(5)16-14(10-12(3)4)15(18)17(6)7/h11-14,16H,8-10H2,1-7H3. The van der Waals surface area contributed by atoms with Gasteiger partial charge in [-0.15, -0.1) is 0 Å². The van der Waals surface area contributed by atoms with Crippen LogP contribution in [0, 0.1) is 11.8 Å². The maximum Gasteiger partial charge on any atom is 0.239 e. The molecule has 18 heavy (non-hydrogen) atoms. The number of hydrogen-bond acceptors (Lipinski definition) is 2. The second kappa shape index (κ2) is 8.52. The molecule has 0 rings (SSSR count). The van der Waals surface area contributed by atoms with Crippen molar-refractivity contribution in [1.82, 2.24) is 10.2 Å². The monoisotopic (exact) mass is 256 g/mol. The average molecular weight is 256 g/mol. The number of carbonyl (C=O) groups excluding carboxylic acids is 1. The molecule has 0 aromatic rings. The summed E-state index contributed by atoms with van der Waals surface area (Å²) in [5, 5.41) is 3.49. The highest BCUT2D eigenvalue weighted by Gasteiger charge is 2.22. The summed E-state index contributed by atoms with van der Waals surface area (Å²) in [5.41, 5.74) is 0. The van der Waals surface area contributed by atoms with Gasteiger partial charge in [-0.25, -0.2) is 0 Å². The van der Waals surface area contributed by atoms with Crippen molar-refractivity contribution in [3.05, 3.63) is 0 Å². The first-order valence-corrected chi connectivity index (χ1v) is 7.21. The first kappa shape index (κ1) is 17.4. The van der Waals surface area contributed by atoms with Crippen LogP contribution < -0.4 is 5.32 Å². The summed E-state index contributed by atoms with van der Waals surface area (Å²) >= 11 is 0. The van der Waals surface area contributed by atoms with E-state index in [1.807, 2.05) is 14.1 Å². The minimum atomic E-state index is -0.0397. The number of nitrogens with one attached hydrogen (secondary N) is 1. The molecule has 0 aromatic carbocycles. The molecular weight excluding hydrogens is 224 g/mol. The van der Waals surface area contributed by atoms with Gasteiger partial charge in [0.1, 0.15) is 0 Å². The molecule has 0 aliphatic carbocycles. The smallest absolute Gasteiger partial charge is 0.239 e. The van der Waals surface area contributed by atoms with Crippen molar-refractivity contribution in [1.29, 1.82) is 0 Å². The van der Waals surface area contributed by atoms with Gasteiger partial charge in [0.2, 0.25) is 5.91 Å². The van der Waals surface area contributed by atoms with Gasteiger partial charge in [0, 0.05) is 20.1 Å². The first-order valence-electron chi connectivity index (χ1n) is 7.21. The maximum atomic E-state index is 12.1. The quantitative estimate of drug-likeness (QED) is 0.724. The van der Waals surface area contributed by atoms with E-state index in [0.717, 1.165) is 18.8 Å². The van der Waals surface area contributed by atoms with E-state index in [2.05, 4.69) is 39.9 Å². The number of rotatable bonds is 8. The highest BCUT2D eigenvalue weighted by Crippen LogP contribution is 2.11. The summed E-state index contributed by atoms with van der Waals surface area (Å²) < 4.78 is 0. The molecule has 3 nitrogen and oxygen atoms in total. The highest BCUT2D eigenvalue weighted by atomic mass is 16.2. The lowest BCUT2D eigenvalue weighted by Gasteiger charge is -2.26. The van der Waals surface area contributed by atoms with Crippen molar-refractivity contribution in [2.75, 3.05) is 14.1 Å². The Morgan fingerprint density at radius 3 is 1.94 bits per heavy atom. The van der Waals surface area contributed by atoms with Crippen LogP contribution in [0.1, 0.15) is 53.9 Å².